The van der Waals surface area contributed by atoms with Crippen LogP contribution in [0.2, 0.25) is 0 Å². The van der Waals surface area contributed by atoms with Gasteiger partial charge >= 0.3 is 0 Å². The monoisotopic (exact) mass is 244 g/mol. The number of allylic oxidation sites excluding steroid dienone is 2. The van der Waals surface area contributed by atoms with Gasteiger partial charge in [-0.3, -0.25) is 0 Å². The summed E-state index contributed by atoms with van der Waals surface area (Å²) in [7, 11) is 0. The first-order valence-electron chi connectivity index (χ1n) is 3.86. The van der Waals surface area contributed by atoms with Gasteiger partial charge in [0.25, 0.3) is 0 Å². The fourth-order valence-corrected chi connectivity index (χ4v) is 2.11. The molecule has 2 aliphatic rings. The Balaban J connectivity index is 1.82. The molecule has 2 atom stereocenters. The van der Waals surface area contributed by atoms with E-state index in [0.717, 1.165) is 12.8 Å². The van der Waals surface area contributed by atoms with Gasteiger partial charge in [0.05, 0.1) is 0 Å². The van der Waals surface area contributed by atoms with Crippen LogP contribution in [0.5, 0.6) is 0 Å². The first kappa shape index (κ1) is 9.45. The summed E-state index contributed by atoms with van der Waals surface area (Å²) >= 11 is 23.3. The number of rotatable bonds is 2. The number of halogens is 4. The first-order valence-corrected chi connectivity index (χ1v) is 5.37. The van der Waals surface area contributed by atoms with Crippen LogP contribution in [0.3, 0.4) is 0 Å². The second-order valence-corrected chi connectivity index (χ2v) is 6.61. The Morgan fingerprint density at radius 3 is 1.25 bits per heavy atom. The Morgan fingerprint density at radius 1 is 0.833 bits per heavy atom. The van der Waals surface area contributed by atoms with E-state index in [0.29, 0.717) is 11.8 Å². The van der Waals surface area contributed by atoms with Crippen molar-refractivity contribution in [2.24, 2.45) is 11.8 Å². The van der Waals surface area contributed by atoms with Crippen LogP contribution in [0.25, 0.3) is 0 Å². The molecule has 0 radical (unpaired) electrons. The van der Waals surface area contributed by atoms with E-state index in [2.05, 4.69) is 0 Å². The fraction of sp³-hybridized carbons (Fsp3) is 0.750. The van der Waals surface area contributed by atoms with E-state index in [1.165, 1.54) is 0 Å². The quantitative estimate of drug-likeness (QED) is 0.511. The zero-order valence-corrected chi connectivity index (χ0v) is 9.26. The Bertz CT molecular complexity index is 207. The summed E-state index contributed by atoms with van der Waals surface area (Å²) in [6.45, 7) is 0. The summed E-state index contributed by atoms with van der Waals surface area (Å²) in [5.41, 5.74) is 0. The molecule has 0 aliphatic heterocycles. The van der Waals surface area contributed by atoms with Gasteiger partial charge in [0.1, 0.15) is 8.67 Å². The first-order chi connectivity index (χ1) is 5.42. The topological polar surface area (TPSA) is 0 Å². The number of alkyl halides is 4. The largest absolute Gasteiger partial charge is 0.125 e. The summed E-state index contributed by atoms with van der Waals surface area (Å²) in [6, 6.07) is 0. The molecule has 0 aromatic rings. The molecule has 0 nitrogen and oxygen atoms in total. The summed E-state index contributed by atoms with van der Waals surface area (Å²) < 4.78 is -1.04. The molecule has 0 saturated heterocycles. The molecule has 2 fully saturated rings. The van der Waals surface area contributed by atoms with Crippen LogP contribution in [0.4, 0.5) is 0 Å². The van der Waals surface area contributed by atoms with E-state index < -0.39 is 8.67 Å². The van der Waals surface area contributed by atoms with Crippen molar-refractivity contribution < 1.29 is 0 Å². The van der Waals surface area contributed by atoms with Crippen molar-refractivity contribution in [1.29, 1.82) is 0 Å². The van der Waals surface area contributed by atoms with Gasteiger partial charge in [-0.1, -0.05) is 12.2 Å². The Hall–Kier alpha value is 0.900. The van der Waals surface area contributed by atoms with E-state index in [1.54, 1.807) is 0 Å². The molecule has 0 aromatic carbocycles. The average molecular weight is 246 g/mol. The highest BCUT2D eigenvalue weighted by Crippen LogP contribution is 2.57. The maximum Gasteiger partial charge on any atom is 0.125 e. The molecule has 0 spiro atoms. The minimum absolute atomic E-state index is 0.297. The van der Waals surface area contributed by atoms with Crippen molar-refractivity contribution in [3.8, 4) is 0 Å². The molecular weight excluding hydrogens is 238 g/mol. The molecule has 2 unspecified atom stereocenters. The lowest BCUT2D eigenvalue weighted by Gasteiger charge is -1.92. The Morgan fingerprint density at radius 2 is 1.08 bits per heavy atom. The second kappa shape index (κ2) is 2.70. The molecule has 0 amide bonds. The highest BCUT2D eigenvalue weighted by atomic mass is 35.5. The lowest BCUT2D eigenvalue weighted by molar-refractivity contribution is 1.03. The zero-order valence-electron chi connectivity index (χ0n) is 6.24. The summed E-state index contributed by atoms with van der Waals surface area (Å²) in [5.74, 6) is 0.594. The third-order valence-corrected chi connectivity index (χ3v) is 4.06. The Kier molecular flexibility index (Phi) is 2.12. The minimum atomic E-state index is -0.521. The van der Waals surface area contributed by atoms with E-state index in [1.807, 2.05) is 12.2 Å². The van der Waals surface area contributed by atoms with Gasteiger partial charge in [0.2, 0.25) is 0 Å². The van der Waals surface area contributed by atoms with Crippen LogP contribution >= 0.6 is 46.4 Å². The smallest absolute Gasteiger partial charge is 0.101 e. The summed E-state index contributed by atoms with van der Waals surface area (Å²) in [6.07, 6.45) is 5.74. The van der Waals surface area contributed by atoms with Crippen molar-refractivity contribution in [2.45, 2.75) is 21.5 Å². The number of hydrogen-bond acceptors (Lipinski definition) is 0. The molecule has 2 aliphatic carbocycles. The third-order valence-electron chi connectivity index (χ3n) is 2.32. The van der Waals surface area contributed by atoms with Gasteiger partial charge in [0, 0.05) is 11.8 Å². The summed E-state index contributed by atoms with van der Waals surface area (Å²) in [4.78, 5) is 0. The van der Waals surface area contributed by atoms with Gasteiger partial charge in [0.15, 0.2) is 0 Å². The maximum atomic E-state index is 5.83. The van der Waals surface area contributed by atoms with Crippen LogP contribution in [0, 0.1) is 11.8 Å². The van der Waals surface area contributed by atoms with Gasteiger partial charge < -0.3 is 0 Å². The van der Waals surface area contributed by atoms with E-state index >= 15 is 0 Å². The molecule has 0 N–H and O–H groups in total. The van der Waals surface area contributed by atoms with E-state index in [4.69, 9.17) is 46.4 Å². The van der Waals surface area contributed by atoms with Crippen LogP contribution < -0.4 is 0 Å². The van der Waals surface area contributed by atoms with E-state index in [-0.39, 0.29) is 0 Å². The van der Waals surface area contributed by atoms with Crippen molar-refractivity contribution in [1.82, 2.24) is 0 Å². The molecule has 0 bridgehead atoms. The molecule has 2 rings (SSSR count). The van der Waals surface area contributed by atoms with Crippen LogP contribution in [-0.2, 0) is 0 Å². The Labute approximate surface area is 91.8 Å². The third kappa shape index (κ3) is 1.87. The molecule has 2 saturated carbocycles. The average Bonchev–Trinajstić information content (AvgIpc) is 2.68. The summed E-state index contributed by atoms with van der Waals surface area (Å²) in [5, 5.41) is 0. The molecule has 0 aromatic heterocycles. The van der Waals surface area contributed by atoms with Gasteiger partial charge in [-0.05, 0) is 12.8 Å². The lowest BCUT2D eigenvalue weighted by Crippen LogP contribution is -1.88. The SMILES string of the molecule is ClC1(Cl)CC1/C=C/C1CC1(Cl)Cl. The maximum absolute atomic E-state index is 5.83. The van der Waals surface area contributed by atoms with Crippen molar-refractivity contribution in [3.63, 3.8) is 0 Å². The highest BCUT2D eigenvalue weighted by molar-refractivity contribution is 6.51. The molecular formula is C8H8Cl4. The molecule has 12 heavy (non-hydrogen) atoms. The predicted octanol–water partition coefficient (Wildman–Crippen LogP) is 3.93. The fourth-order valence-electron chi connectivity index (χ4n) is 1.15. The molecule has 68 valence electrons. The minimum Gasteiger partial charge on any atom is -0.101 e. The molecule has 0 heterocycles. The van der Waals surface area contributed by atoms with Crippen LogP contribution in [-0.4, -0.2) is 8.67 Å². The van der Waals surface area contributed by atoms with Gasteiger partial charge in [-0.25, -0.2) is 0 Å². The standard InChI is InChI=1S/C8H8Cl4/c9-7(10)3-5(7)1-2-6-4-8(6,11)12/h1-2,5-6H,3-4H2/b2-1+. The molecule has 4 heteroatoms. The van der Waals surface area contributed by atoms with Crippen molar-refractivity contribution >= 4 is 46.4 Å². The normalized spacial score (nSPS) is 41.7. The van der Waals surface area contributed by atoms with Gasteiger partial charge in [-0.2, -0.15) is 0 Å². The van der Waals surface area contributed by atoms with Crippen molar-refractivity contribution in [2.75, 3.05) is 0 Å². The zero-order chi connectivity index (χ0) is 8.98. The number of hydrogen-bond donors (Lipinski definition) is 0. The van der Waals surface area contributed by atoms with E-state index in [9.17, 15) is 0 Å². The highest BCUT2D eigenvalue weighted by Gasteiger charge is 2.52. The second-order valence-electron chi connectivity index (χ2n) is 3.53. The van der Waals surface area contributed by atoms with Crippen LogP contribution in [0.15, 0.2) is 12.2 Å². The van der Waals surface area contributed by atoms with Gasteiger partial charge in [-0.15, -0.1) is 46.4 Å². The predicted molar refractivity (Wildman–Crippen MR) is 54.2 cm³/mol. The van der Waals surface area contributed by atoms with Crippen LogP contribution in [0.1, 0.15) is 12.8 Å². The lowest BCUT2D eigenvalue weighted by atomic mass is 10.3. The van der Waals surface area contributed by atoms with Crippen molar-refractivity contribution in [3.05, 3.63) is 12.2 Å².